The van der Waals surface area contributed by atoms with Crippen LogP contribution >= 0.6 is 0 Å². The molecule has 0 aromatic heterocycles. The number of hydrogen-bond donors (Lipinski definition) is 2. The fraction of sp³-hybridized carbons (Fsp3) is 0.300. The van der Waals surface area contributed by atoms with Crippen LogP contribution in [0, 0.1) is 26.7 Å². The van der Waals surface area contributed by atoms with Gasteiger partial charge in [-0.05, 0) is 56.0 Å². The second-order valence-corrected chi connectivity index (χ2v) is 6.28. The summed E-state index contributed by atoms with van der Waals surface area (Å²) in [5.74, 6) is -1.97. The van der Waals surface area contributed by atoms with E-state index < -0.39 is 11.9 Å². The van der Waals surface area contributed by atoms with Crippen LogP contribution in [0.5, 0.6) is 0 Å². The molecule has 0 aliphatic heterocycles. The molecule has 0 bridgehead atoms. The van der Waals surface area contributed by atoms with Gasteiger partial charge in [0.15, 0.2) is 0 Å². The first-order valence-corrected chi connectivity index (χ1v) is 8.00. The standard InChI is InChI=1S/C20H23NO3/c1-13-5-4-6-16(9-13)11-17(20(23)24)12-19(22)21-18-8-7-14(2)15(3)10-18/h4-10,17H,11-12H2,1-3H3,(H,21,22)(H,23,24). The van der Waals surface area contributed by atoms with Crippen LogP contribution in [0.3, 0.4) is 0 Å². The minimum Gasteiger partial charge on any atom is -0.481 e. The van der Waals surface area contributed by atoms with E-state index in [0.717, 1.165) is 22.3 Å². The number of carbonyl (C=O) groups excluding carboxylic acids is 1. The third-order valence-corrected chi connectivity index (χ3v) is 4.14. The molecule has 0 radical (unpaired) electrons. The van der Waals surface area contributed by atoms with E-state index in [9.17, 15) is 14.7 Å². The van der Waals surface area contributed by atoms with Gasteiger partial charge in [-0.1, -0.05) is 35.9 Å². The number of rotatable bonds is 6. The Hall–Kier alpha value is -2.62. The van der Waals surface area contributed by atoms with Gasteiger partial charge in [-0.3, -0.25) is 9.59 Å². The Morgan fingerprint density at radius 1 is 1.04 bits per heavy atom. The van der Waals surface area contributed by atoms with E-state index >= 15 is 0 Å². The number of carboxylic acid groups (broad SMARTS) is 1. The van der Waals surface area contributed by atoms with E-state index in [2.05, 4.69) is 5.32 Å². The zero-order chi connectivity index (χ0) is 17.7. The summed E-state index contributed by atoms with van der Waals surface area (Å²) >= 11 is 0. The van der Waals surface area contributed by atoms with Gasteiger partial charge in [0.2, 0.25) is 5.91 Å². The van der Waals surface area contributed by atoms with E-state index in [4.69, 9.17) is 0 Å². The van der Waals surface area contributed by atoms with Crippen molar-refractivity contribution in [2.45, 2.75) is 33.6 Å². The smallest absolute Gasteiger partial charge is 0.307 e. The molecule has 4 nitrogen and oxygen atoms in total. The first kappa shape index (κ1) is 17.7. The molecule has 0 spiro atoms. The number of hydrogen-bond acceptors (Lipinski definition) is 2. The lowest BCUT2D eigenvalue weighted by atomic mass is 9.95. The zero-order valence-corrected chi connectivity index (χ0v) is 14.3. The van der Waals surface area contributed by atoms with Gasteiger partial charge in [0, 0.05) is 12.1 Å². The number of benzene rings is 2. The van der Waals surface area contributed by atoms with Crippen LogP contribution in [-0.2, 0) is 16.0 Å². The predicted molar refractivity (Wildman–Crippen MR) is 95.2 cm³/mol. The van der Waals surface area contributed by atoms with Gasteiger partial charge in [0.1, 0.15) is 0 Å². The average Bonchev–Trinajstić information content (AvgIpc) is 2.50. The van der Waals surface area contributed by atoms with Crippen molar-refractivity contribution in [3.05, 3.63) is 64.7 Å². The van der Waals surface area contributed by atoms with Gasteiger partial charge in [-0.25, -0.2) is 0 Å². The number of amides is 1. The van der Waals surface area contributed by atoms with E-state index in [1.54, 1.807) is 0 Å². The summed E-state index contributed by atoms with van der Waals surface area (Å²) in [4.78, 5) is 23.7. The van der Waals surface area contributed by atoms with Gasteiger partial charge in [-0.2, -0.15) is 0 Å². The van der Waals surface area contributed by atoms with Crippen molar-refractivity contribution in [3.63, 3.8) is 0 Å². The molecule has 2 N–H and O–H groups in total. The summed E-state index contributed by atoms with van der Waals surface area (Å²) in [5.41, 5.74) is 4.94. The predicted octanol–water partition coefficient (Wildman–Crippen LogP) is 3.88. The second kappa shape index (κ2) is 7.77. The molecule has 0 saturated heterocycles. The van der Waals surface area contributed by atoms with Crippen molar-refractivity contribution in [3.8, 4) is 0 Å². The molecule has 0 saturated carbocycles. The van der Waals surface area contributed by atoms with Crippen molar-refractivity contribution in [2.75, 3.05) is 5.32 Å². The van der Waals surface area contributed by atoms with Crippen LogP contribution in [0.15, 0.2) is 42.5 Å². The highest BCUT2D eigenvalue weighted by molar-refractivity contribution is 5.93. The number of nitrogens with one attached hydrogen (secondary N) is 1. The van der Waals surface area contributed by atoms with Crippen LogP contribution < -0.4 is 5.32 Å². The normalized spacial score (nSPS) is 11.8. The van der Waals surface area contributed by atoms with Crippen LogP contribution in [0.25, 0.3) is 0 Å². The van der Waals surface area contributed by atoms with Crippen molar-refractivity contribution in [1.29, 1.82) is 0 Å². The monoisotopic (exact) mass is 325 g/mol. The third kappa shape index (κ3) is 4.95. The lowest BCUT2D eigenvalue weighted by Crippen LogP contribution is -2.24. The van der Waals surface area contributed by atoms with Crippen molar-refractivity contribution in [2.24, 2.45) is 5.92 Å². The first-order valence-electron chi connectivity index (χ1n) is 8.00. The molecule has 2 aromatic carbocycles. The summed E-state index contributed by atoms with van der Waals surface area (Å²) in [7, 11) is 0. The van der Waals surface area contributed by atoms with Crippen LogP contribution in [0.1, 0.15) is 28.7 Å². The Morgan fingerprint density at radius 2 is 1.79 bits per heavy atom. The number of aliphatic carboxylic acids is 1. The van der Waals surface area contributed by atoms with Gasteiger partial charge in [-0.15, -0.1) is 0 Å². The molecule has 2 rings (SSSR count). The average molecular weight is 325 g/mol. The zero-order valence-electron chi connectivity index (χ0n) is 14.3. The number of carboxylic acids is 1. The highest BCUT2D eigenvalue weighted by atomic mass is 16.4. The fourth-order valence-electron chi connectivity index (χ4n) is 2.63. The number of carbonyl (C=O) groups is 2. The fourth-order valence-corrected chi connectivity index (χ4v) is 2.63. The first-order chi connectivity index (χ1) is 11.3. The third-order valence-electron chi connectivity index (χ3n) is 4.14. The molecule has 126 valence electrons. The highest BCUT2D eigenvalue weighted by Gasteiger charge is 2.22. The molecular weight excluding hydrogens is 302 g/mol. The number of anilines is 1. The summed E-state index contributed by atoms with van der Waals surface area (Å²) < 4.78 is 0. The van der Waals surface area contributed by atoms with E-state index in [-0.39, 0.29) is 12.3 Å². The summed E-state index contributed by atoms with van der Waals surface area (Å²) in [6.07, 6.45) is 0.299. The summed E-state index contributed by atoms with van der Waals surface area (Å²) in [5, 5.41) is 12.2. The quantitative estimate of drug-likeness (QED) is 0.847. The summed E-state index contributed by atoms with van der Waals surface area (Å²) in [6, 6.07) is 13.4. The maximum Gasteiger partial charge on any atom is 0.307 e. The largest absolute Gasteiger partial charge is 0.481 e. The minimum absolute atomic E-state index is 0.0454. The molecule has 0 fully saturated rings. The molecule has 0 heterocycles. The molecule has 1 amide bonds. The molecule has 24 heavy (non-hydrogen) atoms. The Morgan fingerprint density at radius 3 is 2.42 bits per heavy atom. The minimum atomic E-state index is -0.952. The van der Waals surface area contributed by atoms with Gasteiger partial charge in [0.25, 0.3) is 0 Å². The number of aryl methyl sites for hydroxylation is 3. The summed E-state index contributed by atoms with van der Waals surface area (Å²) in [6.45, 7) is 5.94. The lowest BCUT2D eigenvalue weighted by Gasteiger charge is -2.13. The van der Waals surface area contributed by atoms with E-state index in [1.165, 1.54) is 0 Å². The van der Waals surface area contributed by atoms with Crippen LogP contribution in [-0.4, -0.2) is 17.0 Å². The molecule has 0 aliphatic carbocycles. The molecular formula is C20H23NO3. The van der Waals surface area contributed by atoms with Gasteiger partial charge >= 0.3 is 5.97 Å². The molecule has 1 unspecified atom stereocenters. The lowest BCUT2D eigenvalue weighted by molar-refractivity contribution is -0.143. The maximum atomic E-state index is 12.2. The molecule has 1 atom stereocenters. The SMILES string of the molecule is Cc1cccc(CC(CC(=O)Nc2ccc(C)c(C)c2)C(=O)O)c1. The van der Waals surface area contributed by atoms with Crippen molar-refractivity contribution >= 4 is 17.6 Å². The van der Waals surface area contributed by atoms with Gasteiger partial charge < -0.3 is 10.4 Å². The Labute approximate surface area is 142 Å². The van der Waals surface area contributed by atoms with Crippen LogP contribution in [0.2, 0.25) is 0 Å². The maximum absolute atomic E-state index is 12.2. The van der Waals surface area contributed by atoms with E-state index in [1.807, 2.05) is 63.2 Å². The highest BCUT2D eigenvalue weighted by Crippen LogP contribution is 2.18. The molecule has 0 aliphatic rings. The Bertz CT molecular complexity index is 752. The van der Waals surface area contributed by atoms with Crippen molar-refractivity contribution in [1.82, 2.24) is 0 Å². The second-order valence-electron chi connectivity index (χ2n) is 6.28. The van der Waals surface area contributed by atoms with Crippen LogP contribution in [0.4, 0.5) is 5.69 Å². The molecule has 4 heteroatoms. The van der Waals surface area contributed by atoms with Crippen molar-refractivity contribution < 1.29 is 14.7 Å². The molecule has 2 aromatic rings. The van der Waals surface area contributed by atoms with Gasteiger partial charge in [0.05, 0.1) is 5.92 Å². The Balaban J connectivity index is 2.02. The Kier molecular flexibility index (Phi) is 5.74. The topological polar surface area (TPSA) is 66.4 Å². The van der Waals surface area contributed by atoms with E-state index in [0.29, 0.717) is 12.1 Å².